The number of nitrogens with zero attached hydrogens (tertiary/aromatic N) is 1. The van der Waals surface area contributed by atoms with Crippen molar-refractivity contribution in [2.75, 3.05) is 6.61 Å². The molecule has 128 valence electrons. The SMILES string of the molecule is [2H]C([2H])([2H])[C@]1(C)S[C@@H]2[C@H](NC(=O)COc3ccccc3)C(=O)N2[C@H]1C(=O)O. The van der Waals surface area contributed by atoms with Gasteiger partial charge in [-0.05, 0) is 25.9 Å². The van der Waals surface area contributed by atoms with Crippen molar-refractivity contribution in [2.24, 2.45) is 0 Å². The summed E-state index contributed by atoms with van der Waals surface area (Å²) in [4.78, 5) is 37.1. The maximum atomic E-state index is 12.4. The van der Waals surface area contributed by atoms with Gasteiger partial charge in [-0.1, -0.05) is 18.2 Å². The molecule has 0 aromatic heterocycles. The average Bonchev–Trinajstić information content (AvgIpc) is 2.90. The van der Waals surface area contributed by atoms with Gasteiger partial charge in [0.05, 0.1) is 0 Å². The Morgan fingerprint density at radius 3 is 2.79 bits per heavy atom. The highest BCUT2D eigenvalue weighted by molar-refractivity contribution is 8.01. The summed E-state index contributed by atoms with van der Waals surface area (Å²) in [6.45, 7) is -1.60. The zero-order valence-corrected chi connectivity index (χ0v) is 13.6. The number of carbonyl (C=O) groups is 3. The molecule has 2 aliphatic heterocycles. The lowest BCUT2D eigenvalue weighted by molar-refractivity contribution is -0.161. The van der Waals surface area contributed by atoms with E-state index in [-0.39, 0.29) is 6.61 Å². The van der Waals surface area contributed by atoms with Gasteiger partial charge in [-0.25, -0.2) is 4.79 Å². The number of aliphatic carboxylic acids is 1. The van der Waals surface area contributed by atoms with E-state index in [0.717, 1.165) is 16.7 Å². The number of nitrogens with one attached hydrogen (secondary N) is 1. The first kappa shape index (κ1) is 13.1. The minimum absolute atomic E-state index is 0.315. The number of hydrogen-bond donors (Lipinski definition) is 2. The van der Waals surface area contributed by atoms with Crippen molar-refractivity contribution in [1.82, 2.24) is 10.2 Å². The molecule has 2 heterocycles. The highest BCUT2D eigenvalue weighted by atomic mass is 32.2. The summed E-state index contributed by atoms with van der Waals surface area (Å²) in [5, 5.41) is 11.2. The van der Waals surface area contributed by atoms with Crippen molar-refractivity contribution in [3.63, 3.8) is 0 Å². The molecule has 2 N–H and O–H groups in total. The van der Waals surface area contributed by atoms with Crippen LogP contribution >= 0.6 is 11.8 Å². The molecule has 4 atom stereocenters. The van der Waals surface area contributed by atoms with E-state index in [1.165, 1.54) is 6.92 Å². The monoisotopic (exact) mass is 353 g/mol. The molecule has 8 heteroatoms. The van der Waals surface area contributed by atoms with E-state index in [4.69, 9.17) is 8.85 Å². The summed E-state index contributed by atoms with van der Waals surface area (Å²) in [7, 11) is 0. The van der Waals surface area contributed by atoms with E-state index in [1.54, 1.807) is 30.3 Å². The maximum absolute atomic E-state index is 12.4. The Labute approximate surface area is 147 Å². The molecule has 0 spiro atoms. The normalized spacial score (nSPS) is 33.5. The van der Waals surface area contributed by atoms with Crippen LogP contribution in [-0.4, -0.2) is 56.6 Å². The van der Waals surface area contributed by atoms with Gasteiger partial charge in [0.15, 0.2) is 6.61 Å². The number of carbonyl (C=O) groups excluding carboxylic acids is 2. The number of amides is 2. The van der Waals surface area contributed by atoms with E-state index in [0.29, 0.717) is 5.75 Å². The van der Waals surface area contributed by atoms with Gasteiger partial charge in [-0.3, -0.25) is 9.59 Å². The summed E-state index contributed by atoms with van der Waals surface area (Å²) >= 11 is 0.881. The molecule has 0 saturated carbocycles. The first-order chi connectivity index (χ1) is 12.6. The van der Waals surface area contributed by atoms with Crippen LogP contribution in [0.2, 0.25) is 0 Å². The molecule has 0 bridgehead atoms. The fraction of sp³-hybridized carbons (Fsp3) is 0.438. The lowest BCUT2D eigenvalue weighted by atomic mass is 9.96. The largest absolute Gasteiger partial charge is 0.484 e. The van der Waals surface area contributed by atoms with Gasteiger partial charge in [-0.15, -0.1) is 11.8 Å². The van der Waals surface area contributed by atoms with Crippen LogP contribution in [0.4, 0.5) is 0 Å². The van der Waals surface area contributed by atoms with Crippen molar-refractivity contribution in [3.8, 4) is 5.75 Å². The highest BCUT2D eigenvalue weighted by Crippen LogP contribution is 2.50. The lowest BCUT2D eigenvalue weighted by Gasteiger charge is -2.43. The third kappa shape index (κ3) is 2.82. The van der Waals surface area contributed by atoms with Gasteiger partial charge in [-0.2, -0.15) is 0 Å². The summed E-state index contributed by atoms with van der Waals surface area (Å²) in [5.41, 5.74) is 0. The standard InChI is InChI=1S/C16H18N2O5S/c1-16(2)12(15(21)22)18-13(20)11(14(18)24-16)17-10(19)8-23-9-6-4-3-5-7-9/h3-7,11-12,14H,8H2,1-2H3,(H,17,19)(H,21,22)/t11-,12+,14-/m1/s1/i1D3/t11-,12+,14-,16-. The number of carboxylic acid groups (broad SMARTS) is 1. The van der Waals surface area contributed by atoms with Crippen LogP contribution in [-0.2, 0) is 14.4 Å². The Bertz CT molecular complexity index is 775. The van der Waals surface area contributed by atoms with Gasteiger partial charge in [0.1, 0.15) is 23.2 Å². The van der Waals surface area contributed by atoms with E-state index < -0.39 is 46.8 Å². The second kappa shape index (κ2) is 6.01. The predicted octanol–water partition coefficient (Wildman–Crippen LogP) is 0.697. The summed E-state index contributed by atoms with van der Waals surface area (Å²) in [6, 6.07) is 6.18. The van der Waals surface area contributed by atoms with Gasteiger partial charge in [0.2, 0.25) is 5.91 Å². The van der Waals surface area contributed by atoms with Crippen LogP contribution in [0, 0.1) is 0 Å². The third-order valence-electron chi connectivity index (χ3n) is 3.91. The van der Waals surface area contributed by atoms with Gasteiger partial charge >= 0.3 is 5.97 Å². The van der Waals surface area contributed by atoms with Crippen molar-refractivity contribution in [1.29, 1.82) is 0 Å². The van der Waals surface area contributed by atoms with Crippen molar-refractivity contribution in [3.05, 3.63) is 30.3 Å². The van der Waals surface area contributed by atoms with Crippen LogP contribution in [0.3, 0.4) is 0 Å². The molecule has 2 saturated heterocycles. The molecule has 2 fully saturated rings. The molecule has 0 radical (unpaired) electrons. The molecule has 1 aromatic carbocycles. The van der Waals surface area contributed by atoms with Gasteiger partial charge in [0, 0.05) is 8.86 Å². The van der Waals surface area contributed by atoms with Crippen LogP contribution in [0.5, 0.6) is 5.75 Å². The minimum Gasteiger partial charge on any atom is -0.484 e. The zero-order valence-electron chi connectivity index (χ0n) is 15.8. The predicted molar refractivity (Wildman–Crippen MR) is 87.6 cm³/mol. The van der Waals surface area contributed by atoms with Crippen LogP contribution in [0.1, 0.15) is 17.9 Å². The fourth-order valence-electron chi connectivity index (χ4n) is 2.83. The first-order valence-electron chi connectivity index (χ1n) is 8.76. The molecular formula is C16H18N2O5S. The molecule has 3 rings (SSSR count). The Balaban J connectivity index is 1.67. The van der Waals surface area contributed by atoms with Gasteiger partial charge in [0.25, 0.3) is 5.91 Å². The van der Waals surface area contributed by atoms with Crippen molar-refractivity contribution < 1.29 is 28.3 Å². The number of hydrogen-bond acceptors (Lipinski definition) is 5. The third-order valence-corrected chi connectivity index (χ3v) is 5.36. The van der Waals surface area contributed by atoms with E-state index in [9.17, 15) is 19.5 Å². The number of para-hydroxylation sites is 1. The number of fused-ring (bicyclic) bond motifs is 1. The topological polar surface area (TPSA) is 95.9 Å². The molecule has 7 nitrogen and oxygen atoms in total. The molecule has 1 aromatic rings. The van der Waals surface area contributed by atoms with Crippen LogP contribution in [0.25, 0.3) is 0 Å². The Morgan fingerprint density at radius 1 is 1.46 bits per heavy atom. The smallest absolute Gasteiger partial charge is 0.327 e. The summed E-state index contributed by atoms with van der Waals surface area (Å²) in [6.07, 6.45) is 0. The number of carboxylic acids is 1. The molecule has 0 unspecified atom stereocenters. The first-order valence-corrected chi connectivity index (χ1v) is 8.14. The molecule has 24 heavy (non-hydrogen) atoms. The second-order valence-corrected chi connectivity index (χ2v) is 7.32. The Morgan fingerprint density at radius 2 is 2.17 bits per heavy atom. The van der Waals surface area contributed by atoms with E-state index >= 15 is 0 Å². The lowest BCUT2D eigenvalue weighted by Crippen LogP contribution is -2.70. The second-order valence-electron chi connectivity index (χ2n) is 5.75. The molecular weight excluding hydrogens is 332 g/mol. The number of benzene rings is 1. The molecule has 2 aliphatic rings. The van der Waals surface area contributed by atoms with Crippen molar-refractivity contribution in [2.45, 2.75) is 36.0 Å². The number of β-lactam (4-membered cyclic amide) rings is 1. The number of rotatable bonds is 5. The Hall–Kier alpha value is -2.22. The van der Waals surface area contributed by atoms with Gasteiger partial charge < -0.3 is 20.1 Å². The number of thioether (sulfide) groups is 1. The average molecular weight is 353 g/mol. The molecule has 2 amide bonds. The summed E-state index contributed by atoms with van der Waals surface area (Å²) in [5.74, 6) is -2.05. The number of ether oxygens (including phenoxy) is 1. The quantitative estimate of drug-likeness (QED) is 0.757. The minimum atomic E-state index is -2.59. The highest BCUT2D eigenvalue weighted by Gasteiger charge is 2.64. The fourth-order valence-corrected chi connectivity index (χ4v) is 4.34. The Kier molecular flexibility index (Phi) is 3.28. The molecule has 0 aliphatic carbocycles. The summed E-state index contributed by atoms with van der Waals surface area (Å²) < 4.78 is 26.7. The van der Waals surface area contributed by atoms with Crippen LogP contribution in [0.15, 0.2) is 30.3 Å². The van der Waals surface area contributed by atoms with E-state index in [1.807, 2.05) is 0 Å². The maximum Gasteiger partial charge on any atom is 0.327 e. The van der Waals surface area contributed by atoms with Crippen molar-refractivity contribution >= 4 is 29.5 Å². The zero-order chi connectivity index (χ0) is 20.0. The van der Waals surface area contributed by atoms with E-state index in [2.05, 4.69) is 5.32 Å². The van der Waals surface area contributed by atoms with Crippen LogP contribution < -0.4 is 10.1 Å².